The summed E-state index contributed by atoms with van der Waals surface area (Å²) < 4.78 is 5.39. The topological polar surface area (TPSA) is 67.5 Å². The fourth-order valence-corrected chi connectivity index (χ4v) is 2.76. The summed E-state index contributed by atoms with van der Waals surface area (Å²) in [5.41, 5.74) is 5.88. The van der Waals surface area contributed by atoms with E-state index in [0.29, 0.717) is 11.9 Å². The van der Waals surface area contributed by atoms with Gasteiger partial charge in [-0.15, -0.1) is 0 Å². The molecule has 0 spiro atoms. The molecule has 0 bridgehead atoms. The average Bonchev–Trinajstić information content (AvgIpc) is 2.90. The van der Waals surface area contributed by atoms with Gasteiger partial charge in [0.2, 0.25) is 0 Å². The molecule has 3 heterocycles. The quantitative estimate of drug-likeness (QED) is 0.794. The van der Waals surface area contributed by atoms with E-state index in [4.69, 9.17) is 10.5 Å². The predicted molar refractivity (Wildman–Crippen MR) is 69.5 cm³/mol. The van der Waals surface area contributed by atoms with Crippen molar-refractivity contribution in [1.29, 1.82) is 0 Å². The van der Waals surface area contributed by atoms with Gasteiger partial charge >= 0.3 is 0 Å². The Balaban J connectivity index is 1.66. The fraction of sp³-hybridized carbons (Fsp3) is 0.667. The largest absolute Gasteiger partial charge is 0.381 e. The molecule has 2 aliphatic heterocycles. The Bertz CT molecular complexity index is 407. The van der Waals surface area contributed by atoms with Crippen LogP contribution in [0, 0.1) is 0 Å². The van der Waals surface area contributed by atoms with Gasteiger partial charge in [-0.2, -0.15) is 0 Å². The van der Waals surface area contributed by atoms with E-state index in [0.717, 1.165) is 51.6 Å². The first-order valence-electron chi connectivity index (χ1n) is 6.48. The Morgan fingerprint density at radius 1 is 1.17 bits per heavy atom. The smallest absolute Gasteiger partial charge is 0.171 e. The minimum atomic E-state index is 0.528. The van der Waals surface area contributed by atoms with Crippen LogP contribution in [0.5, 0.6) is 0 Å². The molecule has 1 aromatic rings. The number of nitrogen functional groups attached to an aromatic ring is 1. The van der Waals surface area contributed by atoms with Crippen LogP contribution < -0.4 is 10.6 Å². The van der Waals surface area contributed by atoms with Gasteiger partial charge in [0.15, 0.2) is 11.6 Å². The summed E-state index contributed by atoms with van der Waals surface area (Å²) in [5, 5.41) is 0. The number of nitrogens with zero attached hydrogens (tertiary/aromatic N) is 4. The first-order chi connectivity index (χ1) is 8.84. The third-order valence-electron chi connectivity index (χ3n) is 3.73. The molecule has 6 heteroatoms. The molecule has 2 aliphatic rings. The fourth-order valence-electron chi connectivity index (χ4n) is 2.76. The van der Waals surface area contributed by atoms with Crippen molar-refractivity contribution < 1.29 is 4.74 Å². The molecular formula is C12H19N5O. The van der Waals surface area contributed by atoms with Crippen LogP contribution in [-0.2, 0) is 4.74 Å². The van der Waals surface area contributed by atoms with Crippen molar-refractivity contribution in [3.63, 3.8) is 0 Å². The zero-order valence-electron chi connectivity index (χ0n) is 10.5. The van der Waals surface area contributed by atoms with Gasteiger partial charge in [0.05, 0.1) is 13.2 Å². The van der Waals surface area contributed by atoms with Crippen molar-refractivity contribution in [2.24, 2.45) is 0 Å². The molecule has 1 unspecified atom stereocenters. The highest BCUT2D eigenvalue weighted by Crippen LogP contribution is 2.24. The second-order valence-electron chi connectivity index (χ2n) is 4.80. The Kier molecular flexibility index (Phi) is 3.29. The molecule has 18 heavy (non-hydrogen) atoms. The number of hydrogen-bond donors (Lipinski definition) is 1. The van der Waals surface area contributed by atoms with Gasteiger partial charge in [0.25, 0.3) is 0 Å². The zero-order valence-corrected chi connectivity index (χ0v) is 10.5. The second kappa shape index (κ2) is 5.07. The minimum Gasteiger partial charge on any atom is -0.381 e. The van der Waals surface area contributed by atoms with Gasteiger partial charge in [0, 0.05) is 44.6 Å². The molecule has 2 saturated heterocycles. The third kappa shape index (κ3) is 2.26. The molecule has 3 rings (SSSR count). The number of hydrogen-bond acceptors (Lipinski definition) is 6. The van der Waals surface area contributed by atoms with E-state index in [9.17, 15) is 0 Å². The summed E-state index contributed by atoms with van der Waals surface area (Å²) in [7, 11) is 0. The monoisotopic (exact) mass is 249 g/mol. The van der Waals surface area contributed by atoms with E-state index >= 15 is 0 Å². The van der Waals surface area contributed by atoms with Crippen LogP contribution in [0.15, 0.2) is 12.4 Å². The molecule has 0 aliphatic carbocycles. The third-order valence-corrected chi connectivity index (χ3v) is 3.73. The molecule has 2 N–H and O–H groups in total. The Hall–Kier alpha value is -1.40. The molecule has 0 amide bonds. The van der Waals surface area contributed by atoms with Crippen molar-refractivity contribution >= 4 is 11.6 Å². The Labute approximate surface area is 107 Å². The highest BCUT2D eigenvalue weighted by molar-refractivity contribution is 5.57. The molecule has 98 valence electrons. The summed E-state index contributed by atoms with van der Waals surface area (Å²) in [6.45, 7) is 5.77. The number of rotatable bonds is 2. The van der Waals surface area contributed by atoms with Crippen LogP contribution in [0.3, 0.4) is 0 Å². The van der Waals surface area contributed by atoms with E-state index in [-0.39, 0.29) is 0 Å². The number of ether oxygens (including phenoxy) is 1. The van der Waals surface area contributed by atoms with Crippen LogP contribution in [0.2, 0.25) is 0 Å². The molecule has 1 aromatic heterocycles. The summed E-state index contributed by atoms with van der Waals surface area (Å²) >= 11 is 0. The molecule has 1 atom stereocenters. The minimum absolute atomic E-state index is 0.528. The second-order valence-corrected chi connectivity index (χ2v) is 4.80. The van der Waals surface area contributed by atoms with Crippen LogP contribution >= 0.6 is 0 Å². The summed E-state index contributed by atoms with van der Waals surface area (Å²) in [5.74, 6) is 1.35. The van der Waals surface area contributed by atoms with Crippen LogP contribution in [0.25, 0.3) is 0 Å². The number of morpholine rings is 1. The maximum atomic E-state index is 5.88. The SMILES string of the molecule is Nc1nccnc1N1CCC(N2CCOCC2)C1. The average molecular weight is 249 g/mol. The molecule has 0 saturated carbocycles. The van der Waals surface area contributed by atoms with Gasteiger partial charge in [-0.1, -0.05) is 0 Å². The van der Waals surface area contributed by atoms with E-state index in [1.165, 1.54) is 0 Å². The normalized spacial score (nSPS) is 25.6. The van der Waals surface area contributed by atoms with E-state index in [1.807, 2.05) is 0 Å². The van der Waals surface area contributed by atoms with Gasteiger partial charge in [-0.05, 0) is 6.42 Å². The number of anilines is 2. The Morgan fingerprint density at radius 2 is 1.94 bits per heavy atom. The Morgan fingerprint density at radius 3 is 2.72 bits per heavy atom. The van der Waals surface area contributed by atoms with Gasteiger partial charge < -0.3 is 15.4 Å². The molecule has 2 fully saturated rings. The molecule has 0 radical (unpaired) electrons. The summed E-state index contributed by atoms with van der Waals surface area (Å²) in [4.78, 5) is 13.2. The van der Waals surface area contributed by atoms with Crippen molar-refractivity contribution in [3.05, 3.63) is 12.4 Å². The molecule has 6 nitrogen and oxygen atoms in total. The molecular weight excluding hydrogens is 230 g/mol. The van der Waals surface area contributed by atoms with Crippen LogP contribution in [0.1, 0.15) is 6.42 Å². The van der Waals surface area contributed by atoms with Crippen LogP contribution in [-0.4, -0.2) is 60.3 Å². The maximum absolute atomic E-state index is 5.88. The molecule has 0 aromatic carbocycles. The summed E-state index contributed by atoms with van der Waals surface area (Å²) in [6, 6.07) is 0.593. The zero-order chi connectivity index (χ0) is 12.4. The van der Waals surface area contributed by atoms with Crippen molar-refractivity contribution in [1.82, 2.24) is 14.9 Å². The van der Waals surface area contributed by atoms with E-state index in [1.54, 1.807) is 12.4 Å². The van der Waals surface area contributed by atoms with Gasteiger partial charge in [-0.25, -0.2) is 9.97 Å². The van der Waals surface area contributed by atoms with Crippen molar-refractivity contribution in [2.45, 2.75) is 12.5 Å². The lowest BCUT2D eigenvalue weighted by atomic mass is 10.2. The first kappa shape index (κ1) is 11.7. The predicted octanol–water partition coefficient (Wildman–Crippen LogP) is -0.0303. The number of aromatic nitrogens is 2. The van der Waals surface area contributed by atoms with Crippen molar-refractivity contribution in [2.75, 3.05) is 50.0 Å². The lowest BCUT2D eigenvalue weighted by molar-refractivity contribution is 0.0209. The highest BCUT2D eigenvalue weighted by Gasteiger charge is 2.30. The van der Waals surface area contributed by atoms with Crippen LogP contribution in [0.4, 0.5) is 11.6 Å². The standard InChI is InChI=1S/C12H19N5O/c13-11-12(15-3-2-14-11)17-4-1-10(9-17)16-5-7-18-8-6-16/h2-3,10H,1,4-9H2,(H2,13,14). The lowest BCUT2D eigenvalue weighted by Gasteiger charge is -2.32. The van der Waals surface area contributed by atoms with E-state index in [2.05, 4.69) is 19.8 Å². The maximum Gasteiger partial charge on any atom is 0.171 e. The number of nitrogens with two attached hydrogens (primary N) is 1. The highest BCUT2D eigenvalue weighted by atomic mass is 16.5. The lowest BCUT2D eigenvalue weighted by Crippen LogP contribution is -2.44. The first-order valence-corrected chi connectivity index (χ1v) is 6.48. The van der Waals surface area contributed by atoms with Crippen molar-refractivity contribution in [3.8, 4) is 0 Å². The van der Waals surface area contributed by atoms with Gasteiger partial charge in [0.1, 0.15) is 0 Å². The van der Waals surface area contributed by atoms with Gasteiger partial charge in [-0.3, -0.25) is 4.90 Å². The van der Waals surface area contributed by atoms with E-state index < -0.39 is 0 Å². The summed E-state index contributed by atoms with van der Waals surface area (Å²) in [6.07, 6.45) is 4.50.